The number of hydrogen-bond donors (Lipinski definition) is 1. The molecule has 0 aliphatic carbocycles. The zero-order valence-corrected chi connectivity index (χ0v) is 12.6. The molecule has 0 amide bonds. The van der Waals surface area contributed by atoms with Crippen molar-refractivity contribution < 1.29 is 9.53 Å². The van der Waals surface area contributed by atoms with E-state index in [4.69, 9.17) is 17.3 Å². The van der Waals surface area contributed by atoms with E-state index < -0.39 is 0 Å². The van der Waals surface area contributed by atoms with Gasteiger partial charge in [0.2, 0.25) is 0 Å². The predicted octanol–water partition coefficient (Wildman–Crippen LogP) is 4.40. The number of ether oxygens (including phenoxy) is 1. The van der Waals surface area contributed by atoms with Gasteiger partial charge in [-0.1, -0.05) is 37.6 Å². The van der Waals surface area contributed by atoms with Crippen LogP contribution in [0.5, 0.6) is 0 Å². The van der Waals surface area contributed by atoms with Gasteiger partial charge >= 0.3 is 5.97 Å². The van der Waals surface area contributed by atoms with Gasteiger partial charge in [-0.25, -0.2) is 4.79 Å². The summed E-state index contributed by atoms with van der Waals surface area (Å²) in [5.41, 5.74) is 8.68. The second kappa shape index (κ2) is 7.56. The lowest BCUT2D eigenvalue weighted by molar-refractivity contribution is 0.0601. The van der Waals surface area contributed by atoms with Gasteiger partial charge in [-0.3, -0.25) is 0 Å². The second-order valence-electron chi connectivity index (χ2n) is 3.80. The Labute approximate surface area is 124 Å². The van der Waals surface area contributed by atoms with Crippen molar-refractivity contribution in [1.82, 2.24) is 0 Å². The zero-order valence-electron chi connectivity index (χ0n) is 11.8. The smallest absolute Gasteiger partial charge is 0.337 e. The Kier molecular flexibility index (Phi) is 6.07. The van der Waals surface area contributed by atoms with E-state index in [0.29, 0.717) is 16.3 Å². The first-order chi connectivity index (χ1) is 9.61. The molecule has 2 aromatic rings. The van der Waals surface area contributed by atoms with Gasteiger partial charge in [0.15, 0.2) is 0 Å². The number of hydrogen-bond acceptors (Lipinski definition) is 3. The molecule has 2 N–H and O–H groups in total. The van der Waals surface area contributed by atoms with Crippen LogP contribution in [-0.2, 0) is 4.74 Å². The number of benzene rings is 2. The SMILES string of the molecule is CC.COC(=O)c1ccc(N)c(-c2ccc(Cl)cc2)c1. The highest BCUT2D eigenvalue weighted by atomic mass is 35.5. The summed E-state index contributed by atoms with van der Waals surface area (Å²) >= 11 is 5.84. The van der Waals surface area contributed by atoms with E-state index >= 15 is 0 Å². The summed E-state index contributed by atoms with van der Waals surface area (Å²) in [6.07, 6.45) is 0. The van der Waals surface area contributed by atoms with Crippen molar-refractivity contribution in [2.45, 2.75) is 13.8 Å². The van der Waals surface area contributed by atoms with Gasteiger partial charge < -0.3 is 10.5 Å². The maximum absolute atomic E-state index is 11.5. The quantitative estimate of drug-likeness (QED) is 0.659. The molecule has 2 aromatic carbocycles. The van der Waals surface area contributed by atoms with Crippen LogP contribution in [-0.4, -0.2) is 13.1 Å². The third-order valence-electron chi connectivity index (χ3n) is 2.63. The van der Waals surface area contributed by atoms with Gasteiger partial charge in [-0.05, 0) is 35.9 Å². The molecule has 0 saturated heterocycles. The topological polar surface area (TPSA) is 52.3 Å². The largest absolute Gasteiger partial charge is 0.465 e. The number of nitrogen functional groups attached to an aromatic ring is 1. The number of rotatable bonds is 2. The average molecular weight is 292 g/mol. The van der Waals surface area contributed by atoms with Gasteiger partial charge in [-0.2, -0.15) is 0 Å². The summed E-state index contributed by atoms with van der Waals surface area (Å²) in [5.74, 6) is -0.384. The van der Waals surface area contributed by atoms with E-state index in [2.05, 4.69) is 4.74 Å². The van der Waals surface area contributed by atoms with Crippen molar-refractivity contribution in [1.29, 1.82) is 0 Å². The van der Waals surface area contributed by atoms with Gasteiger partial charge in [0, 0.05) is 16.3 Å². The molecule has 3 nitrogen and oxygen atoms in total. The summed E-state index contributed by atoms with van der Waals surface area (Å²) in [4.78, 5) is 11.5. The Morgan fingerprint density at radius 1 is 1.10 bits per heavy atom. The number of carbonyl (C=O) groups is 1. The summed E-state index contributed by atoms with van der Waals surface area (Å²) < 4.78 is 4.69. The molecule has 0 aromatic heterocycles. The van der Waals surface area contributed by atoms with Gasteiger partial charge in [0.1, 0.15) is 0 Å². The Morgan fingerprint density at radius 3 is 2.25 bits per heavy atom. The van der Waals surface area contributed by atoms with E-state index in [9.17, 15) is 4.79 Å². The highest BCUT2D eigenvalue weighted by molar-refractivity contribution is 6.30. The number of esters is 1. The van der Waals surface area contributed by atoms with Crippen molar-refractivity contribution in [3.05, 3.63) is 53.1 Å². The van der Waals surface area contributed by atoms with Crippen LogP contribution in [0, 0.1) is 0 Å². The third kappa shape index (κ3) is 3.75. The molecule has 0 aliphatic heterocycles. The molecule has 0 aliphatic rings. The minimum atomic E-state index is -0.384. The monoisotopic (exact) mass is 291 g/mol. The van der Waals surface area contributed by atoms with E-state index in [1.165, 1.54) is 7.11 Å². The highest BCUT2D eigenvalue weighted by Crippen LogP contribution is 2.28. The van der Waals surface area contributed by atoms with Crippen LogP contribution in [0.1, 0.15) is 24.2 Å². The molecule has 4 heteroatoms. The summed E-state index contributed by atoms with van der Waals surface area (Å²) in [6, 6.07) is 12.3. The van der Waals surface area contributed by atoms with Crippen LogP contribution in [0.15, 0.2) is 42.5 Å². The predicted molar refractivity (Wildman–Crippen MR) is 84.0 cm³/mol. The van der Waals surface area contributed by atoms with Crippen molar-refractivity contribution in [3.63, 3.8) is 0 Å². The Bertz CT molecular complexity index is 580. The van der Waals surface area contributed by atoms with Crippen LogP contribution in [0.25, 0.3) is 11.1 Å². The molecular formula is C16H18ClNO2. The highest BCUT2D eigenvalue weighted by Gasteiger charge is 2.09. The van der Waals surface area contributed by atoms with Gasteiger partial charge in [-0.15, -0.1) is 0 Å². The van der Waals surface area contributed by atoms with E-state index in [1.54, 1.807) is 30.3 Å². The number of carbonyl (C=O) groups excluding carboxylic acids is 1. The molecule has 0 unspecified atom stereocenters. The standard InChI is InChI=1S/C14H12ClNO2.C2H6/c1-18-14(17)10-4-7-13(16)12(8-10)9-2-5-11(15)6-3-9;1-2/h2-8H,16H2,1H3;1-2H3. The molecule has 0 atom stereocenters. The second-order valence-corrected chi connectivity index (χ2v) is 4.24. The Hall–Kier alpha value is -2.00. The van der Waals surface area contributed by atoms with Crippen molar-refractivity contribution in [3.8, 4) is 11.1 Å². The molecule has 2 rings (SSSR count). The maximum atomic E-state index is 11.5. The van der Waals surface area contributed by atoms with Gasteiger partial charge in [0.05, 0.1) is 12.7 Å². The minimum Gasteiger partial charge on any atom is -0.465 e. The lowest BCUT2D eigenvalue weighted by Gasteiger charge is -2.08. The molecule has 0 radical (unpaired) electrons. The molecule has 106 valence electrons. The van der Waals surface area contributed by atoms with Crippen LogP contribution in [0.4, 0.5) is 5.69 Å². The van der Waals surface area contributed by atoms with Crippen molar-refractivity contribution in [2.24, 2.45) is 0 Å². The normalized spacial score (nSPS) is 9.40. The fourth-order valence-electron chi connectivity index (χ4n) is 1.68. The molecule has 0 fully saturated rings. The molecule has 0 spiro atoms. The third-order valence-corrected chi connectivity index (χ3v) is 2.88. The molecule has 20 heavy (non-hydrogen) atoms. The number of nitrogens with two attached hydrogens (primary N) is 1. The zero-order chi connectivity index (χ0) is 15.1. The summed E-state index contributed by atoms with van der Waals surface area (Å²) in [5, 5.41) is 0.654. The first kappa shape index (κ1) is 16.1. The van der Waals surface area contributed by atoms with E-state index in [1.807, 2.05) is 26.0 Å². The fraction of sp³-hybridized carbons (Fsp3) is 0.188. The van der Waals surface area contributed by atoms with Gasteiger partial charge in [0.25, 0.3) is 0 Å². The van der Waals surface area contributed by atoms with E-state index in [0.717, 1.165) is 11.1 Å². The number of anilines is 1. The fourth-order valence-corrected chi connectivity index (χ4v) is 1.81. The molecule has 0 bridgehead atoms. The number of methoxy groups -OCH3 is 1. The van der Waals surface area contributed by atoms with Crippen LogP contribution < -0.4 is 5.73 Å². The Morgan fingerprint density at radius 2 is 1.70 bits per heavy atom. The first-order valence-corrected chi connectivity index (χ1v) is 6.73. The van der Waals surface area contributed by atoms with Crippen molar-refractivity contribution >= 4 is 23.3 Å². The number of halogens is 1. The van der Waals surface area contributed by atoms with Crippen molar-refractivity contribution in [2.75, 3.05) is 12.8 Å². The van der Waals surface area contributed by atoms with Crippen LogP contribution >= 0.6 is 11.6 Å². The molecular weight excluding hydrogens is 274 g/mol. The maximum Gasteiger partial charge on any atom is 0.337 e. The summed E-state index contributed by atoms with van der Waals surface area (Å²) in [6.45, 7) is 4.00. The molecule has 0 saturated carbocycles. The van der Waals surface area contributed by atoms with Crippen LogP contribution in [0.2, 0.25) is 5.02 Å². The lowest BCUT2D eigenvalue weighted by Crippen LogP contribution is -2.02. The first-order valence-electron chi connectivity index (χ1n) is 6.35. The Balaban J connectivity index is 0.000000956. The minimum absolute atomic E-state index is 0.384. The van der Waals surface area contributed by atoms with E-state index in [-0.39, 0.29) is 5.97 Å². The van der Waals surface area contributed by atoms with Crippen LogP contribution in [0.3, 0.4) is 0 Å². The molecule has 0 heterocycles. The lowest BCUT2D eigenvalue weighted by atomic mass is 10.0. The summed E-state index contributed by atoms with van der Waals surface area (Å²) in [7, 11) is 1.35. The average Bonchev–Trinajstić information content (AvgIpc) is 2.50.